The van der Waals surface area contributed by atoms with Gasteiger partial charge in [0, 0.05) is 25.1 Å². The van der Waals surface area contributed by atoms with E-state index in [1.807, 2.05) is 30.3 Å². The summed E-state index contributed by atoms with van der Waals surface area (Å²) in [6, 6.07) is 13.3. The van der Waals surface area contributed by atoms with Crippen molar-refractivity contribution >= 4 is 28.2 Å². The molecule has 1 aromatic carbocycles. The van der Waals surface area contributed by atoms with Gasteiger partial charge >= 0.3 is 0 Å². The molecule has 0 atom stereocenters. The smallest absolute Gasteiger partial charge is 0.178 e. The van der Waals surface area contributed by atoms with Crippen LogP contribution in [0, 0.1) is 0 Å². The average molecular weight is 292 g/mol. The molecule has 5 nitrogen and oxygen atoms in total. The summed E-state index contributed by atoms with van der Waals surface area (Å²) in [5, 5.41) is 5.23. The SMILES string of the molecule is CC(=O)c1cccc(NCc2ccc3c(N)nccc3c2)n1. The second-order valence-electron chi connectivity index (χ2n) is 5.07. The van der Waals surface area contributed by atoms with E-state index in [2.05, 4.69) is 21.4 Å². The number of rotatable bonds is 4. The van der Waals surface area contributed by atoms with Crippen LogP contribution in [-0.2, 0) is 6.54 Å². The Morgan fingerprint density at radius 2 is 2.09 bits per heavy atom. The lowest BCUT2D eigenvalue weighted by Crippen LogP contribution is -2.04. The third-order valence-corrected chi connectivity index (χ3v) is 3.44. The van der Waals surface area contributed by atoms with Crippen LogP contribution in [0.2, 0.25) is 0 Å². The zero-order valence-electron chi connectivity index (χ0n) is 12.2. The molecule has 0 bridgehead atoms. The lowest BCUT2D eigenvalue weighted by Gasteiger charge is -2.08. The Morgan fingerprint density at radius 3 is 2.91 bits per heavy atom. The fraction of sp³-hybridized carbons (Fsp3) is 0.118. The number of hydrogen-bond donors (Lipinski definition) is 2. The van der Waals surface area contributed by atoms with E-state index in [0.717, 1.165) is 16.3 Å². The molecule has 0 fully saturated rings. The number of nitrogens with zero attached hydrogens (tertiary/aromatic N) is 2. The van der Waals surface area contributed by atoms with Crippen molar-refractivity contribution in [3.05, 3.63) is 59.9 Å². The van der Waals surface area contributed by atoms with Crippen molar-refractivity contribution in [1.82, 2.24) is 9.97 Å². The zero-order valence-corrected chi connectivity index (χ0v) is 12.2. The molecular formula is C17H16N4O. The van der Waals surface area contributed by atoms with E-state index in [4.69, 9.17) is 5.73 Å². The monoisotopic (exact) mass is 292 g/mol. The minimum absolute atomic E-state index is 0.0441. The first-order chi connectivity index (χ1) is 10.6. The number of carbonyl (C=O) groups is 1. The van der Waals surface area contributed by atoms with E-state index in [-0.39, 0.29) is 5.78 Å². The van der Waals surface area contributed by atoms with E-state index < -0.39 is 0 Å². The quantitative estimate of drug-likeness (QED) is 0.722. The number of Topliss-reactive ketones (excluding diaryl/α,β-unsaturated/α-hetero) is 1. The van der Waals surface area contributed by atoms with Crippen LogP contribution in [0.25, 0.3) is 10.8 Å². The van der Waals surface area contributed by atoms with Gasteiger partial charge < -0.3 is 11.1 Å². The molecule has 0 saturated carbocycles. The van der Waals surface area contributed by atoms with E-state index >= 15 is 0 Å². The molecule has 0 aliphatic heterocycles. The van der Waals surface area contributed by atoms with Gasteiger partial charge in [0.25, 0.3) is 0 Å². The Morgan fingerprint density at radius 1 is 1.23 bits per heavy atom. The van der Waals surface area contributed by atoms with Gasteiger partial charge in [-0.1, -0.05) is 18.2 Å². The molecule has 0 aliphatic carbocycles. The number of anilines is 2. The Hall–Kier alpha value is -2.95. The number of fused-ring (bicyclic) bond motifs is 1. The van der Waals surface area contributed by atoms with Crippen LogP contribution < -0.4 is 11.1 Å². The van der Waals surface area contributed by atoms with Gasteiger partial charge in [0.1, 0.15) is 17.3 Å². The number of benzene rings is 1. The fourth-order valence-electron chi connectivity index (χ4n) is 2.28. The van der Waals surface area contributed by atoms with Crippen molar-refractivity contribution in [3.8, 4) is 0 Å². The number of hydrogen-bond acceptors (Lipinski definition) is 5. The van der Waals surface area contributed by atoms with Crippen LogP contribution in [0.5, 0.6) is 0 Å². The van der Waals surface area contributed by atoms with Gasteiger partial charge in [-0.05, 0) is 35.2 Å². The van der Waals surface area contributed by atoms with Crippen molar-refractivity contribution in [3.63, 3.8) is 0 Å². The molecule has 3 rings (SSSR count). The minimum Gasteiger partial charge on any atom is -0.383 e. The maximum absolute atomic E-state index is 11.3. The maximum atomic E-state index is 11.3. The topological polar surface area (TPSA) is 80.9 Å². The Labute approximate surface area is 128 Å². The average Bonchev–Trinajstić information content (AvgIpc) is 2.53. The highest BCUT2D eigenvalue weighted by Crippen LogP contribution is 2.20. The van der Waals surface area contributed by atoms with Crippen LogP contribution in [0.1, 0.15) is 23.0 Å². The normalized spacial score (nSPS) is 10.6. The Kier molecular flexibility index (Phi) is 3.70. The molecule has 0 aliphatic rings. The van der Waals surface area contributed by atoms with Crippen molar-refractivity contribution in [2.75, 3.05) is 11.1 Å². The maximum Gasteiger partial charge on any atom is 0.178 e. The van der Waals surface area contributed by atoms with E-state index in [0.29, 0.717) is 23.9 Å². The summed E-state index contributed by atoms with van der Waals surface area (Å²) < 4.78 is 0. The van der Waals surface area contributed by atoms with E-state index in [1.165, 1.54) is 6.92 Å². The number of nitrogen functional groups attached to an aromatic ring is 1. The predicted octanol–water partition coefficient (Wildman–Crippen LogP) is 3.03. The van der Waals surface area contributed by atoms with Gasteiger partial charge in [-0.15, -0.1) is 0 Å². The van der Waals surface area contributed by atoms with Crippen molar-refractivity contribution < 1.29 is 4.79 Å². The molecule has 2 heterocycles. The van der Waals surface area contributed by atoms with Gasteiger partial charge in [-0.2, -0.15) is 0 Å². The van der Waals surface area contributed by atoms with Crippen LogP contribution in [0.15, 0.2) is 48.7 Å². The van der Waals surface area contributed by atoms with Gasteiger partial charge in [-0.3, -0.25) is 4.79 Å². The Bertz CT molecular complexity index is 845. The summed E-state index contributed by atoms with van der Waals surface area (Å²) in [4.78, 5) is 19.7. The highest BCUT2D eigenvalue weighted by atomic mass is 16.1. The first-order valence-corrected chi connectivity index (χ1v) is 6.98. The lowest BCUT2D eigenvalue weighted by molar-refractivity contribution is 0.101. The molecule has 0 saturated heterocycles. The van der Waals surface area contributed by atoms with Gasteiger partial charge in [0.05, 0.1) is 0 Å². The van der Waals surface area contributed by atoms with Crippen LogP contribution in [0.4, 0.5) is 11.6 Å². The number of pyridine rings is 2. The first kappa shape index (κ1) is 14.0. The molecule has 22 heavy (non-hydrogen) atoms. The number of aromatic nitrogens is 2. The molecule has 5 heteroatoms. The standard InChI is InChI=1S/C17H16N4O/c1-11(22)15-3-2-4-16(21-15)20-10-12-5-6-14-13(9-12)7-8-19-17(14)18/h2-9H,10H2,1H3,(H2,18,19)(H,20,21). The molecule has 2 aromatic heterocycles. The largest absolute Gasteiger partial charge is 0.383 e. The second-order valence-corrected chi connectivity index (χ2v) is 5.07. The van der Waals surface area contributed by atoms with Crippen molar-refractivity contribution in [2.24, 2.45) is 0 Å². The minimum atomic E-state index is -0.0441. The molecule has 3 N–H and O–H groups in total. The summed E-state index contributed by atoms with van der Waals surface area (Å²) in [5.41, 5.74) is 7.41. The first-order valence-electron chi connectivity index (χ1n) is 6.98. The van der Waals surface area contributed by atoms with Crippen molar-refractivity contribution in [2.45, 2.75) is 13.5 Å². The van der Waals surface area contributed by atoms with Gasteiger partial charge in [-0.25, -0.2) is 9.97 Å². The highest BCUT2D eigenvalue weighted by Gasteiger charge is 2.03. The fourth-order valence-corrected chi connectivity index (χ4v) is 2.28. The molecule has 110 valence electrons. The lowest BCUT2D eigenvalue weighted by atomic mass is 10.1. The summed E-state index contributed by atoms with van der Waals surface area (Å²) in [6.45, 7) is 2.13. The molecule has 0 spiro atoms. The number of ketones is 1. The molecular weight excluding hydrogens is 276 g/mol. The summed E-state index contributed by atoms with van der Waals surface area (Å²) in [7, 11) is 0. The highest BCUT2D eigenvalue weighted by molar-refractivity contribution is 5.92. The second kappa shape index (κ2) is 5.81. The number of carbonyl (C=O) groups excluding carboxylic acids is 1. The van der Waals surface area contributed by atoms with Crippen LogP contribution in [0.3, 0.4) is 0 Å². The number of nitrogens with one attached hydrogen (secondary N) is 1. The third kappa shape index (κ3) is 2.88. The van der Waals surface area contributed by atoms with Gasteiger partial charge in [0.15, 0.2) is 5.78 Å². The Balaban J connectivity index is 1.79. The third-order valence-electron chi connectivity index (χ3n) is 3.44. The van der Waals surface area contributed by atoms with Crippen molar-refractivity contribution in [1.29, 1.82) is 0 Å². The molecule has 0 unspecified atom stereocenters. The predicted molar refractivity (Wildman–Crippen MR) is 87.7 cm³/mol. The van der Waals surface area contributed by atoms with Gasteiger partial charge in [0.2, 0.25) is 0 Å². The zero-order chi connectivity index (χ0) is 15.5. The van der Waals surface area contributed by atoms with Crippen LogP contribution in [-0.4, -0.2) is 15.8 Å². The number of nitrogens with two attached hydrogens (primary N) is 1. The molecule has 0 amide bonds. The molecule has 3 aromatic rings. The van der Waals surface area contributed by atoms with E-state index in [1.54, 1.807) is 12.3 Å². The summed E-state index contributed by atoms with van der Waals surface area (Å²) in [6.07, 6.45) is 1.70. The molecule has 0 radical (unpaired) electrons. The van der Waals surface area contributed by atoms with E-state index in [9.17, 15) is 4.79 Å². The summed E-state index contributed by atoms with van der Waals surface area (Å²) >= 11 is 0. The summed E-state index contributed by atoms with van der Waals surface area (Å²) in [5.74, 6) is 1.17. The van der Waals surface area contributed by atoms with Crippen LogP contribution >= 0.6 is 0 Å².